The predicted octanol–water partition coefficient (Wildman–Crippen LogP) is 0.685. The molecule has 0 fully saturated rings. The number of hydrogen-bond acceptors (Lipinski definition) is 5. The minimum Gasteiger partial charge on any atom is -0.286 e. The fourth-order valence-corrected chi connectivity index (χ4v) is 2.37. The second kappa shape index (κ2) is 5.96. The molecule has 20 heavy (non-hydrogen) atoms. The van der Waals surface area contributed by atoms with E-state index in [4.69, 9.17) is 0 Å². The minimum atomic E-state index is -6.60. The van der Waals surface area contributed by atoms with Crippen LogP contribution >= 0.6 is 0 Å². The molecule has 0 amide bonds. The first-order valence-electron chi connectivity index (χ1n) is 4.05. The van der Waals surface area contributed by atoms with Crippen LogP contribution in [0.2, 0.25) is 0 Å². The Bertz CT molecular complexity index is 543. The molecule has 0 atom stereocenters. The summed E-state index contributed by atoms with van der Waals surface area (Å²) in [4.78, 5) is 0. The molecular weight excluding hydrogens is 344 g/mol. The number of aromatic amines is 1. The van der Waals surface area contributed by atoms with Gasteiger partial charge in [-0.1, -0.05) is 4.13 Å². The SMILES string of the molecule is O=S(=O)(NS(=O)(=O)C(F)(F)F)C(F)(F)F.c1cn[nH]c1. The highest BCUT2D eigenvalue weighted by atomic mass is 32.3. The van der Waals surface area contributed by atoms with Crippen LogP contribution in [0.5, 0.6) is 0 Å². The molecule has 118 valence electrons. The van der Waals surface area contributed by atoms with E-state index < -0.39 is 35.2 Å². The molecule has 0 aliphatic carbocycles. The standard InChI is InChI=1S/C3H4N2.C2HF6NO4S2/c1-2-4-5-3-1;3-1(4,5)14(10,11)9-15(12,13)2(6,7)8/h1-3H,(H,4,5);9H. The number of alkyl halides is 6. The van der Waals surface area contributed by atoms with Crippen LogP contribution in [0.25, 0.3) is 0 Å². The molecule has 1 aromatic rings. The number of rotatable bonds is 2. The first kappa shape index (κ1) is 18.7. The lowest BCUT2D eigenvalue weighted by molar-refractivity contribution is -0.0476. The number of hydrogen-bond donors (Lipinski definition) is 2. The topological polar surface area (TPSA) is 109 Å². The molecule has 0 unspecified atom stereocenters. The zero-order valence-electron chi connectivity index (χ0n) is 8.90. The van der Waals surface area contributed by atoms with Crippen LogP contribution in [0.1, 0.15) is 0 Å². The summed E-state index contributed by atoms with van der Waals surface area (Å²) in [5, 5.41) is 6.21. The Balaban J connectivity index is 0.000000595. The van der Waals surface area contributed by atoms with Crippen molar-refractivity contribution in [3.8, 4) is 0 Å². The Kier molecular flexibility index (Phi) is 5.56. The summed E-state index contributed by atoms with van der Waals surface area (Å²) >= 11 is 0. The Hall–Kier alpha value is -1.35. The van der Waals surface area contributed by atoms with E-state index in [0.717, 1.165) is 0 Å². The summed E-state index contributed by atoms with van der Waals surface area (Å²) in [5.74, 6) is 0. The van der Waals surface area contributed by atoms with Crippen molar-refractivity contribution in [2.75, 3.05) is 0 Å². The van der Waals surface area contributed by atoms with Gasteiger partial charge in [0.15, 0.2) is 0 Å². The van der Waals surface area contributed by atoms with Crippen LogP contribution in [-0.4, -0.2) is 38.0 Å². The summed E-state index contributed by atoms with van der Waals surface area (Å²) in [6, 6.07) is 1.83. The van der Waals surface area contributed by atoms with E-state index in [-0.39, 0.29) is 0 Å². The maximum Gasteiger partial charge on any atom is 0.512 e. The molecule has 7 nitrogen and oxygen atoms in total. The molecule has 15 heteroatoms. The number of aromatic nitrogens is 2. The average Bonchev–Trinajstić information content (AvgIpc) is 2.68. The van der Waals surface area contributed by atoms with Gasteiger partial charge in [-0.05, 0) is 6.07 Å². The maximum absolute atomic E-state index is 11.5. The van der Waals surface area contributed by atoms with Gasteiger partial charge in [-0.25, -0.2) is 16.8 Å². The highest BCUT2D eigenvalue weighted by Gasteiger charge is 2.55. The third kappa shape index (κ3) is 5.33. The molecule has 0 aliphatic rings. The van der Waals surface area contributed by atoms with Crippen LogP contribution < -0.4 is 4.13 Å². The van der Waals surface area contributed by atoms with E-state index in [0.29, 0.717) is 0 Å². The van der Waals surface area contributed by atoms with Crippen molar-refractivity contribution in [1.82, 2.24) is 14.3 Å². The quantitative estimate of drug-likeness (QED) is 0.764. The van der Waals surface area contributed by atoms with E-state index in [2.05, 4.69) is 10.2 Å². The van der Waals surface area contributed by atoms with E-state index in [9.17, 15) is 43.2 Å². The fraction of sp³-hybridized carbons (Fsp3) is 0.400. The van der Waals surface area contributed by atoms with Crippen LogP contribution in [-0.2, 0) is 20.0 Å². The number of nitrogens with one attached hydrogen (secondary N) is 2. The molecular formula is C5H5F6N3O4S2. The third-order valence-electron chi connectivity index (χ3n) is 1.23. The van der Waals surface area contributed by atoms with Crippen molar-refractivity contribution in [2.45, 2.75) is 11.0 Å². The van der Waals surface area contributed by atoms with Gasteiger partial charge in [-0.15, -0.1) is 0 Å². The Morgan fingerprint density at radius 1 is 0.900 bits per heavy atom. The van der Waals surface area contributed by atoms with Gasteiger partial charge in [0.1, 0.15) is 0 Å². The Morgan fingerprint density at radius 2 is 1.30 bits per heavy atom. The minimum absolute atomic E-state index is 0.493. The number of H-pyrrole nitrogens is 1. The highest BCUT2D eigenvalue weighted by molar-refractivity contribution is 8.05. The van der Waals surface area contributed by atoms with Gasteiger partial charge in [-0.3, -0.25) is 5.10 Å². The number of sulfonamides is 2. The van der Waals surface area contributed by atoms with E-state index in [1.54, 1.807) is 12.4 Å². The van der Waals surface area contributed by atoms with Gasteiger partial charge in [-0.2, -0.15) is 31.4 Å². The van der Waals surface area contributed by atoms with Crippen LogP contribution in [0, 0.1) is 0 Å². The van der Waals surface area contributed by atoms with Crippen LogP contribution in [0.15, 0.2) is 18.5 Å². The second-order valence-corrected chi connectivity index (χ2v) is 6.35. The van der Waals surface area contributed by atoms with Gasteiger partial charge >= 0.3 is 31.1 Å². The lowest BCUT2D eigenvalue weighted by atomic mass is 10.8. The lowest BCUT2D eigenvalue weighted by Gasteiger charge is -2.11. The number of halogens is 6. The van der Waals surface area contributed by atoms with Gasteiger partial charge in [0.25, 0.3) is 0 Å². The van der Waals surface area contributed by atoms with Gasteiger partial charge in [0.05, 0.1) is 0 Å². The first-order chi connectivity index (χ1) is 8.71. The van der Waals surface area contributed by atoms with Crippen LogP contribution in [0.3, 0.4) is 0 Å². The third-order valence-corrected chi connectivity index (χ3v) is 4.21. The van der Waals surface area contributed by atoms with E-state index in [1.807, 2.05) is 6.07 Å². The first-order valence-corrected chi connectivity index (χ1v) is 7.02. The van der Waals surface area contributed by atoms with Gasteiger partial charge in [0, 0.05) is 12.4 Å². The largest absolute Gasteiger partial charge is 0.512 e. The summed E-state index contributed by atoms with van der Waals surface area (Å²) < 4.78 is 108. The maximum atomic E-state index is 11.5. The molecule has 0 aromatic carbocycles. The molecule has 0 aliphatic heterocycles. The van der Waals surface area contributed by atoms with Crippen molar-refractivity contribution >= 4 is 20.0 Å². The highest BCUT2D eigenvalue weighted by Crippen LogP contribution is 2.27. The van der Waals surface area contributed by atoms with Crippen molar-refractivity contribution in [3.63, 3.8) is 0 Å². The van der Waals surface area contributed by atoms with Crippen LogP contribution in [0.4, 0.5) is 26.3 Å². The summed E-state index contributed by atoms with van der Waals surface area (Å²) in [5.41, 5.74) is -12.3. The molecule has 0 saturated heterocycles. The zero-order chi connectivity index (χ0) is 16.2. The smallest absolute Gasteiger partial charge is 0.286 e. The molecule has 1 aromatic heterocycles. The van der Waals surface area contributed by atoms with E-state index >= 15 is 0 Å². The van der Waals surface area contributed by atoms with E-state index in [1.165, 1.54) is 0 Å². The van der Waals surface area contributed by atoms with Crippen molar-refractivity contribution < 1.29 is 43.2 Å². The summed E-state index contributed by atoms with van der Waals surface area (Å²) in [6.45, 7) is 0. The average molecular weight is 349 g/mol. The van der Waals surface area contributed by atoms with Crippen molar-refractivity contribution in [2.24, 2.45) is 0 Å². The fourth-order valence-electron chi connectivity index (χ4n) is 0.454. The van der Waals surface area contributed by atoms with Gasteiger partial charge in [0.2, 0.25) is 0 Å². The summed E-state index contributed by atoms with van der Waals surface area (Å²) in [7, 11) is -13.2. The van der Waals surface area contributed by atoms with Crippen molar-refractivity contribution in [1.29, 1.82) is 0 Å². The predicted molar refractivity (Wildman–Crippen MR) is 51.7 cm³/mol. The molecule has 0 saturated carbocycles. The second-order valence-electron chi connectivity index (χ2n) is 2.75. The summed E-state index contributed by atoms with van der Waals surface area (Å²) in [6.07, 6.45) is 3.46. The molecule has 0 bridgehead atoms. The number of nitrogens with zero attached hydrogens (tertiary/aromatic N) is 1. The molecule has 0 radical (unpaired) electrons. The molecule has 0 spiro atoms. The van der Waals surface area contributed by atoms with Crippen molar-refractivity contribution in [3.05, 3.63) is 18.5 Å². The Morgan fingerprint density at radius 3 is 1.45 bits per heavy atom. The Labute approximate surface area is 108 Å². The molecule has 1 rings (SSSR count). The lowest BCUT2D eigenvalue weighted by Crippen LogP contribution is -2.45. The van der Waals surface area contributed by atoms with Gasteiger partial charge < -0.3 is 0 Å². The molecule has 2 N–H and O–H groups in total. The zero-order valence-corrected chi connectivity index (χ0v) is 10.5. The molecule has 1 heterocycles. The normalized spacial score (nSPS) is 13.5. The monoisotopic (exact) mass is 349 g/mol.